The molecule has 1 aliphatic heterocycles. The molecule has 80 valence electrons. The van der Waals surface area contributed by atoms with Crippen molar-refractivity contribution >= 4 is 17.5 Å². The zero-order valence-electron chi connectivity index (χ0n) is 9.20. The Morgan fingerprint density at radius 2 is 2.12 bits per heavy atom. The lowest BCUT2D eigenvalue weighted by atomic mass is 9.84. The summed E-state index contributed by atoms with van der Waals surface area (Å²) in [5, 5.41) is 5.85. The molecular weight excluding hydrogens is 196 g/mol. The third kappa shape index (κ3) is 1.20. The molecule has 0 amide bonds. The summed E-state index contributed by atoms with van der Waals surface area (Å²) >= 11 is 0. The fourth-order valence-electron chi connectivity index (χ4n) is 2.32. The Balaban J connectivity index is 2.44. The van der Waals surface area contributed by atoms with Gasteiger partial charge in [0.15, 0.2) is 0 Å². The zero-order valence-corrected chi connectivity index (χ0v) is 9.20. The first kappa shape index (κ1) is 9.28. The van der Waals surface area contributed by atoms with E-state index in [9.17, 15) is 0 Å². The summed E-state index contributed by atoms with van der Waals surface area (Å²) in [6.07, 6.45) is 10.5. The highest BCUT2D eigenvalue weighted by Gasteiger charge is 2.27. The van der Waals surface area contributed by atoms with Gasteiger partial charge in [0.25, 0.3) is 0 Å². The number of hydrogen-bond donors (Lipinski definition) is 2. The van der Waals surface area contributed by atoms with Crippen LogP contribution in [0.1, 0.15) is 6.92 Å². The van der Waals surface area contributed by atoms with Crippen molar-refractivity contribution in [2.75, 3.05) is 5.73 Å². The number of hydrogen-bond acceptors (Lipinski definition) is 2. The lowest BCUT2D eigenvalue weighted by molar-refractivity contribution is 0.650. The van der Waals surface area contributed by atoms with E-state index in [2.05, 4.69) is 48.8 Å². The molecule has 0 fully saturated rings. The van der Waals surface area contributed by atoms with Gasteiger partial charge in [0.1, 0.15) is 0 Å². The summed E-state index contributed by atoms with van der Waals surface area (Å²) in [6, 6.07) is 6.03. The molecule has 2 aliphatic rings. The molecule has 0 saturated carbocycles. The first-order valence-corrected chi connectivity index (χ1v) is 5.43. The Labute approximate surface area is 94.5 Å². The molecular formula is C14H14N2. The molecule has 1 aliphatic carbocycles. The Morgan fingerprint density at radius 3 is 3.00 bits per heavy atom. The molecule has 0 bridgehead atoms. The van der Waals surface area contributed by atoms with Gasteiger partial charge >= 0.3 is 0 Å². The fourth-order valence-corrected chi connectivity index (χ4v) is 2.32. The average molecular weight is 210 g/mol. The standard InChI is InChI=1S/C14H14N2/c1-14-7-3-2-4-13(14)12-8-11(15)6-5-10(12)9-16-14/h2-9,16H,15H2,1H3. The first-order chi connectivity index (χ1) is 7.69. The molecule has 0 saturated heterocycles. The van der Waals surface area contributed by atoms with E-state index in [0.717, 1.165) is 5.69 Å². The first-order valence-electron chi connectivity index (χ1n) is 5.43. The van der Waals surface area contributed by atoms with E-state index in [1.54, 1.807) is 0 Å². The number of benzene rings is 1. The molecule has 2 heteroatoms. The number of anilines is 1. The SMILES string of the molecule is CC12C=CC=CC1=c1cc(N)ccc1=CN2. The van der Waals surface area contributed by atoms with Crippen molar-refractivity contribution in [3.8, 4) is 0 Å². The molecule has 0 spiro atoms. The second kappa shape index (κ2) is 3.01. The maximum atomic E-state index is 5.86. The number of fused-ring (bicyclic) bond motifs is 2. The largest absolute Gasteiger partial charge is 0.399 e. The van der Waals surface area contributed by atoms with Crippen LogP contribution in [0, 0.1) is 0 Å². The van der Waals surface area contributed by atoms with Crippen LogP contribution in [-0.2, 0) is 0 Å². The summed E-state index contributed by atoms with van der Waals surface area (Å²) in [4.78, 5) is 0. The van der Waals surface area contributed by atoms with Crippen LogP contribution in [-0.4, -0.2) is 5.54 Å². The van der Waals surface area contributed by atoms with E-state index in [-0.39, 0.29) is 5.54 Å². The maximum absolute atomic E-state index is 5.86. The van der Waals surface area contributed by atoms with Crippen LogP contribution in [0.2, 0.25) is 0 Å². The van der Waals surface area contributed by atoms with Crippen LogP contribution in [0.15, 0.2) is 42.5 Å². The highest BCUT2D eigenvalue weighted by molar-refractivity contribution is 5.74. The van der Waals surface area contributed by atoms with E-state index in [1.807, 2.05) is 12.1 Å². The molecule has 0 radical (unpaired) electrons. The molecule has 1 aromatic rings. The van der Waals surface area contributed by atoms with Crippen molar-refractivity contribution in [2.45, 2.75) is 12.5 Å². The van der Waals surface area contributed by atoms with E-state index in [4.69, 9.17) is 5.73 Å². The van der Waals surface area contributed by atoms with Gasteiger partial charge in [-0.05, 0) is 35.1 Å². The second-order valence-corrected chi connectivity index (χ2v) is 4.47. The second-order valence-electron chi connectivity index (χ2n) is 4.47. The minimum atomic E-state index is -0.102. The quantitative estimate of drug-likeness (QED) is 0.617. The summed E-state index contributed by atoms with van der Waals surface area (Å²) in [7, 11) is 0. The minimum absolute atomic E-state index is 0.102. The minimum Gasteiger partial charge on any atom is -0.399 e. The van der Waals surface area contributed by atoms with Gasteiger partial charge in [-0.15, -0.1) is 0 Å². The number of nitrogen functional groups attached to an aromatic ring is 1. The van der Waals surface area contributed by atoms with Crippen molar-refractivity contribution in [2.24, 2.45) is 0 Å². The van der Waals surface area contributed by atoms with Gasteiger partial charge in [0.05, 0.1) is 5.54 Å². The Bertz CT molecular complexity index is 623. The van der Waals surface area contributed by atoms with Gasteiger partial charge in [-0.25, -0.2) is 0 Å². The number of allylic oxidation sites excluding steroid dienone is 2. The monoisotopic (exact) mass is 210 g/mol. The summed E-state index contributed by atoms with van der Waals surface area (Å²) in [5.41, 5.74) is 7.84. The molecule has 1 aromatic carbocycles. The molecule has 0 aromatic heterocycles. The smallest absolute Gasteiger partial charge is 0.0785 e. The molecule has 16 heavy (non-hydrogen) atoms. The zero-order chi connectivity index (χ0) is 11.2. The normalized spacial score (nSPS) is 25.4. The van der Waals surface area contributed by atoms with Crippen LogP contribution in [0.25, 0.3) is 11.8 Å². The molecule has 3 N–H and O–H groups in total. The van der Waals surface area contributed by atoms with Crippen molar-refractivity contribution in [1.29, 1.82) is 0 Å². The lowest BCUT2D eigenvalue weighted by Crippen LogP contribution is -2.49. The Morgan fingerprint density at radius 1 is 1.25 bits per heavy atom. The van der Waals surface area contributed by atoms with E-state index < -0.39 is 0 Å². The number of nitrogens with two attached hydrogens (primary N) is 1. The molecule has 1 unspecified atom stereocenters. The molecule has 1 heterocycles. The van der Waals surface area contributed by atoms with Crippen molar-refractivity contribution in [3.05, 3.63) is 52.9 Å². The molecule has 3 rings (SSSR count). The Kier molecular flexibility index (Phi) is 1.75. The molecule has 2 nitrogen and oxygen atoms in total. The van der Waals surface area contributed by atoms with E-state index >= 15 is 0 Å². The third-order valence-corrected chi connectivity index (χ3v) is 3.26. The number of rotatable bonds is 0. The lowest BCUT2D eigenvalue weighted by Gasteiger charge is -2.32. The van der Waals surface area contributed by atoms with Gasteiger partial charge in [0.2, 0.25) is 0 Å². The van der Waals surface area contributed by atoms with Gasteiger partial charge in [-0.2, -0.15) is 0 Å². The van der Waals surface area contributed by atoms with Crippen molar-refractivity contribution < 1.29 is 0 Å². The van der Waals surface area contributed by atoms with Crippen LogP contribution in [0.4, 0.5) is 5.69 Å². The van der Waals surface area contributed by atoms with Gasteiger partial charge < -0.3 is 11.1 Å². The Hall–Kier alpha value is -1.96. The highest BCUT2D eigenvalue weighted by Crippen LogP contribution is 2.24. The number of nitrogens with one attached hydrogen (secondary N) is 1. The topological polar surface area (TPSA) is 38.0 Å². The van der Waals surface area contributed by atoms with Gasteiger partial charge in [-0.1, -0.05) is 30.4 Å². The fraction of sp³-hybridized carbons (Fsp3) is 0.143. The van der Waals surface area contributed by atoms with Crippen LogP contribution in [0.3, 0.4) is 0 Å². The van der Waals surface area contributed by atoms with Crippen LogP contribution in [0.5, 0.6) is 0 Å². The predicted molar refractivity (Wildman–Crippen MR) is 67.8 cm³/mol. The van der Waals surface area contributed by atoms with Crippen molar-refractivity contribution in [1.82, 2.24) is 5.32 Å². The third-order valence-electron chi connectivity index (χ3n) is 3.26. The van der Waals surface area contributed by atoms with Crippen LogP contribution < -0.4 is 21.5 Å². The van der Waals surface area contributed by atoms with Gasteiger partial charge in [-0.3, -0.25) is 0 Å². The van der Waals surface area contributed by atoms with Gasteiger partial charge in [0, 0.05) is 11.9 Å². The van der Waals surface area contributed by atoms with E-state index in [0.29, 0.717) is 0 Å². The summed E-state index contributed by atoms with van der Waals surface area (Å²) < 4.78 is 0. The van der Waals surface area contributed by atoms with E-state index in [1.165, 1.54) is 16.0 Å². The highest BCUT2D eigenvalue weighted by atomic mass is 14.9. The average Bonchev–Trinajstić information content (AvgIpc) is 2.28. The molecule has 1 atom stereocenters. The van der Waals surface area contributed by atoms with Crippen molar-refractivity contribution in [3.63, 3.8) is 0 Å². The summed E-state index contributed by atoms with van der Waals surface area (Å²) in [6.45, 7) is 2.17. The summed E-state index contributed by atoms with van der Waals surface area (Å²) in [5.74, 6) is 0. The maximum Gasteiger partial charge on any atom is 0.0785 e. The predicted octanol–water partition coefficient (Wildman–Crippen LogP) is 0.645. The van der Waals surface area contributed by atoms with Crippen LogP contribution >= 0.6 is 0 Å².